The molecule has 4 rings (SSSR count). The number of amides is 1. The van der Waals surface area contributed by atoms with Gasteiger partial charge in [-0.2, -0.15) is 0 Å². The van der Waals surface area contributed by atoms with Gasteiger partial charge in [-0.1, -0.05) is 78.4 Å². The van der Waals surface area contributed by atoms with Crippen molar-refractivity contribution in [3.63, 3.8) is 0 Å². The number of nitrogens with two attached hydrogens (primary N) is 1. The number of fused-ring (bicyclic) bond motifs is 5. The lowest BCUT2D eigenvalue weighted by Crippen LogP contribution is -2.52. The molecule has 0 unspecified atom stereocenters. The molecule has 4 aliphatic carbocycles. The predicted molar refractivity (Wildman–Crippen MR) is 166 cm³/mol. The van der Waals surface area contributed by atoms with E-state index in [9.17, 15) is 9.90 Å². The summed E-state index contributed by atoms with van der Waals surface area (Å²) in [4.78, 5) is 14.0. The number of hydrogen-bond acceptors (Lipinski definition) is 2. The Labute approximate surface area is 246 Å². The molecule has 0 radical (unpaired) electrons. The van der Waals surface area contributed by atoms with E-state index in [-0.39, 0.29) is 23.9 Å². The molecule has 5 heteroatoms. The molecule has 0 aliphatic heterocycles. The van der Waals surface area contributed by atoms with Gasteiger partial charge in [-0.25, -0.2) is 4.79 Å². The first-order valence-corrected chi connectivity index (χ1v) is 16.5. The molecule has 3 N–H and O–H groups in total. The summed E-state index contributed by atoms with van der Waals surface area (Å²) in [5.74, 6) is 5.11. The number of unbranched alkanes of at least 4 members (excludes halogenated alkanes) is 3. The fraction of sp³-hybridized carbons (Fsp3) is 0.912. The number of halogens is 1. The standard InChI is InChI=1S/C34H60N2O2.ClH/c1-24(2)11-10-12-25(3)29-15-16-30-28-14-13-26-23-27(36(32(37)38)22-9-7-6-8-21-35)17-19-33(26,4)31(28)18-20-34(29,30)5;/h13,24-25,27-31H,6-12,14-23,35H2,1-5H3,(H,37,38);1H/t25-,27+,28+,29-,30+,31+,33+,34-;/m1./s1. The van der Waals surface area contributed by atoms with E-state index in [1.807, 2.05) is 0 Å². The molecule has 39 heavy (non-hydrogen) atoms. The number of carboxylic acid groups (broad SMARTS) is 1. The first kappa shape index (κ1) is 32.8. The van der Waals surface area contributed by atoms with Gasteiger partial charge in [-0.05, 0) is 117 Å². The molecule has 0 aromatic carbocycles. The van der Waals surface area contributed by atoms with Crippen LogP contribution in [0.4, 0.5) is 4.79 Å². The van der Waals surface area contributed by atoms with Gasteiger partial charge in [0.1, 0.15) is 0 Å². The highest BCUT2D eigenvalue weighted by atomic mass is 35.5. The van der Waals surface area contributed by atoms with Gasteiger partial charge in [0.25, 0.3) is 0 Å². The zero-order chi connectivity index (χ0) is 27.5. The molecule has 0 saturated heterocycles. The Hall–Kier alpha value is -0.740. The summed E-state index contributed by atoms with van der Waals surface area (Å²) in [5.41, 5.74) is 8.04. The highest BCUT2D eigenvalue weighted by molar-refractivity contribution is 5.85. The monoisotopic (exact) mass is 564 g/mol. The molecule has 4 nitrogen and oxygen atoms in total. The van der Waals surface area contributed by atoms with E-state index in [1.54, 1.807) is 10.5 Å². The van der Waals surface area contributed by atoms with Crippen molar-refractivity contribution in [3.05, 3.63) is 11.6 Å². The Balaban J connectivity index is 0.00000420. The quantitative estimate of drug-likeness (QED) is 0.183. The fourth-order valence-electron chi connectivity index (χ4n) is 10.1. The molecule has 0 aromatic heterocycles. The minimum Gasteiger partial charge on any atom is -0.465 e. The van der Waals surface area contributed by atoms with Crippen molar-refractivity contribution in [1.29, 1.82) is 0 Å². The zero-order valence-corrected chi connectivity index (χ0v) is 26.7. The molecule has 3 fully saturated rings. The van der Waals surface area contributed by atoms with Crippen molar-refractivity contribution in [2.45, 2.75) is 137 Å². The highest BCUT2D eigenvalue weighted by Crippen LogP contribution is 2.67. The van der Waals surface area contributed by atoms with Crippen molar-refractivity contribution < 1.29 is 9.90 Å². The van der Waals surface area contributed by atoms with E-state index < -0.39 is 6.09 Å². The number of nitrogens with zero attached hydrogens (tertiary/aromatic N) is 1. The number of allylic oxidation sites excluding steroid dienone is 1. The molecule has 1 amide bonds. The number of hydrogen-bond donors (Lipinski definition) is 2. The summed E-state index contributed by atoms with van der Waals surface area (Å²) in [7, 11) is 0. The van der Waals surface area contributed by atoms with Crippen LogP contribution in [0.15, 0.2) is 11.6 Å². The van der Waals surface area contributed by atoms with Crippen molar-refractivity contribution in [2.24, 2.45) is 52.1 Å². The molecular weight excluding hydrogens is 504 g/mol. The van der Waals surface area contributed by atoms with Crippen LogP contribution in [0, 0.1) is 46.3 Å². The van der Waals surface area contributed by atoms with Crippen LogP contribution in [0.25, 0.3) is 0 Å². The lowest BCUT2D eigenvalue weighted by atomic mass is 9.46. The van der Waals surface area contributed by atoms with E-state index in [0.29, 0.717) is 12.0 Å². The fourth-order valence-corrected chi connectivity index (χ4v) is 10.1. The van der Waals surface area contributed by atoms with Crippen LogP contribution >= 0.6 is 12.4 Å². The summed E-state index contributed by atoms with van der Waals surface area (Å²) in [6, 6.07) is 0.161. The van der Waals surface area contributed by atoms with Crippen LogP contribution in [0.5, 0.6) is 0 Å². The van der Waals surface area contributed by atoms with Gasteiger partial charge in [0.15, 0.2) is 0 Å². The minimum absolute atomic E-state index is 0. The third kappa shape index (κ3) is 6.85. The van der Waals surface area contributed by atoms with Gasteiger partial charge in [0, 0.05) is 12.6 Å². The normalized spacial score (nSPS) is 36.3. The topological polar surface area (TPSA) is 66.6 Å². The van der Waals surface area contributed by atoms with Crippen molar-refractivity contribution in [3.8, 4) is 0 Å². The van der Waals surface area contributed by atoms with Crippen LogP contribution in [-0.4, -0.2) is 35.2 Å². The maximum atomic E-state index is 12.2. The summed E-state index contributed by atoms with van der Waals surface area (Å²) < 4.78 is 0. The van der Waals surface area contributed by atoms with Crippen molar-refractivity contribution in [1.82, 2.24) is 4.90 Å². The molecule has 3 saturated carbocycles. The number of carbonyl (C=O) groups is 1. The van der Waals surface area contributed by atoms with Gasteiger partial charge in [0.2, 0.25) is 0 Å². The second-order valence-electron chi connectivity index (χ2n) is 14.9. The summed E-state index contributed by atoms with van der Waals surface area (Å²) in [6.07, 6.45) is 20.4. The minimum atomic E-state index is -0.723. The van der Waals surface area contributed by atoms with Crippen molar-refractivity contribution in [2.75, 3.05) is 13.1 Å². The van der Waals surface area contributed by atoms with Crippen LogP contribution in [0.1, 0.15) is 131 Å². The molecule has 0 bridgehead atoms. The average Bonchev–Trinajstić information content (AvgIpc) is 3.23. The zero-order valence-electron chi connectivity index (χ0n) is 25.9. The van der Waals surface area contributed by atoms with Gasteiger partial charge in [-0.3, -0.25) is 0 Å². The van der Waals surface area contributed by atoms with Gasteiger partial charge in [0.05, 0.1) is 0 Å². The third-order valence-electron chi connectivity index (χ3n) is 12.3. The Morgan fingerprint density at radius 2 is 1.74 bits per heavy atom. The molecule has 0 aromatic rings. The molecule has 226 valence electrons. The second kappa shape index (κ2) is 14.0. The van der Waals surface area contributed by atoms with E-state index in [2.05, 4.69) is 40.7 Å². The molecule has 4 aliphatic rings. The molecule has 8 atom stereocenters. The van der Waals surface area contributed by atoms with Gasteiger partial charge >= 0.3 is 6.09 Å². The predicted octanol–water partition coefficient (Wildman–Crippen LogP) is 9.32. The first-order chi connectivity index (χ1) is 18.1. The van der Waals surface area contributed by atoms with Crippen molar-refractivity contribution >= 4 is 18.5 Å². The number of rotatable bonds is 12. The Bertz CT molecular complexity index is 830. The Morgan fingerprint density at radius 3 is 2.44 bits per heavy atom. The lowest BCUT2D eigenvalue weighted by molar-refractivity contribution is -0.0541. The first-order valence-electron chi connectivity index (χ1n) is 16.5. The summed E-state index contributed by atoms with van der Waals surface area (Å²) in [5, 5.41) is 10.0. The van der Waals surface area contributed by atoms with E-state index in [4.69, 9.17) is 5.73 Å². The maximum absolute atomic E-state index is 12.2. The summed E-state index contributed by atoms with van der Waals surface area (Å²) in [6.45, 7) is 14.0. The molecular formula is C34H61ClN2O2. The lowest BCUT2D eigenvalue weighted by Gasteiger charge is -2.59. The van der Waals surface area contributed by atoms with E-state index >= 15 is 0 Å². The van der Waals surface area contributed by atoms with Gasteiger partial charge < -0.3 is 15.7 Å². The maximum Gasteiger partial charge on any atom is 0.407 e. The second-order valence-corrected chi connectivity index (χ2v) is 14.9. The third-order valence-corrected chi connectivity index (χ3v) is 12.3. The smallest absolute Gasteiger partial charge is 0.407 e. The summed E-state index contributed by atoms with van der Waals surface area (Å²) >= 11 is 0. The average molecular weight is 565 g/mol. The largest absolute Gasteiger partial charge is 0.465 e. The van der Waals surface area contributed by atoms with Crippen LogP contribution in [-0.2, 0) is 0 Å². The van der Waals surface area contributed by atoms with E-state index in [0.717, 1.165) is 80.6 Å². The van der Waals surface area contributed by atoms with Crippen LogP contribution in [0.2, 0.25) is 0 Å². The molecule has 0 spiro atoms. The SMILES string of the molecule is CC(C)CCC[C@@H](C)[C@H]1CC[C@H]2[C@@H]3CC=C4C[C@@H](N(CCCCCCN)C(=O)O)CC[C@]4(C)[C@H]3CC[C@]12C.Cl. The van der Waals surface area contributed by atoms with Crippen LogP contribution < -0.4 is 5.73 Å². The van der Waals surface area contributed by atoms with E-state index in [1.165, 1.54) is 57.8 Å². The molecule has 0 heterocycles. The van der Waals surface area contributed by atoms with Crippen LogP contribution in [0.3, 0.4) is 0 Å². The Morgan fingerprint density at radius 1 is 1.00 bits per heavy atom. The Kier molecular flexibility index (Phi) is 11.7. The van der Waals surface area contributed by atoms with Gasteiger partial charge in [-0.15, -0.1) is 12.4 Å². The highest BCUT2D eigenvalue weighted by Gasteiger charge is 2.59.